The lowest BCUT2D eigenvalue weighted by Crippen LogP contribution is -1.96. The van der Waals surface area contributed by atoms with E-state index in [4.69, 9.17) is 10.2 Å². The number of esters is 2. The van der Waals surface area contributed by atoms with E-state index < -0.39 is 23.9 Å². The van der Waals surface area contributed by atoms with Crippen LogP contribution < -0.4 is 0 Å². The van der Waals surface area contributed by atoms with Crippen LogP contribution in [0.5, 0.6) is 0 Å². The molecule has 7 nitrogen and oxygen atoms in total. The number of carbonyl (C=O) groups is 4. The molecular formula is C8H6O7. The third kappa shape index (κ3) is 7.91. The highest BCUT2D eigenvalue weighted by molar-refractivity contribution is 6.04. The summed E-state index contributed by atoms with van der Waals surface area (Å²) in [6, 6.07) is 0. The summed E-state index contributed by atoms with van der Waals surface area (Å²) in [7, 11) is 0. The van der Waals surface area contributed by atoms with Crippen LogP contribution in [0.4, 0.5) is 0 Å². The first-order valence-corrected chi connectivity index (χ1v) is 3.49. The molecule has 0 saturated carbocycles. The van der Waals surface area contributed by atoms with E-state index in [-0.39, 0.29) is 0 Å². The Morgan fingerprint density at radius 2 is 1.33 bits per heavy atom. The minimum absolute atomic E-state index is 0.558. The van der Waals surface area contributed by atoms with Crippen molar-refractivity contribution < 1.29 is 34.1 Å². The molecule has 0 saturated heterocycles. The fraction of sp³-hybridized carbons (Fsp3) is 0. The molecule has 2 N–H and O–H groups in total. The molecule has 0 amide bonds. The molecule has 1 aliphatic rings. The van der Waals surface area contributed by atoms with Crippen molar-refractivity contribution in [2.24, 2.45) is 0 Å². The number of aliphatic carboxylic acids is 2. The Morgan fingerprint density at radius 1 is 1.00 bits per heavy atom. The van der Waals surface area contributed by atoms with Crippen molar-refractivity contribution in [1.29, 1.82) is 0 Å². The first-order chi connectivity index (χ1) is 6.91. The molecule has 0 fully saturated rings. The molecule has 15 heavy (non-hydrogen) atoms. The van der Waals surface area contributed by atoms with Gasteiger partial charge in [-0.15, -0.1) is 0 Å². The zero-order valence-electron chi connectivity index (χ0n) is 7.25. The predicted octanol–water partition coefficient (Wildman–Crippen LogP) is -0.662. The van der Waals surface area contributed by atoms with Crippen molar-refractivity contribution in [3.63, 3.8) is 0 Å². The van der Waals surface area contributed by atoms with Gasteiger partial charge in [-0.2, -0.15) is 0 Å². The highest BCUT2D eigenvalue weighted by Crippen LogP contribution is 1.92. The van der Waals surface area contributed by atoms with Gasteiger partial charge in [0.1, 0.15) is 0 Å². The molecule has 1 heterocycles. The van der Waals surface area contributed by atoms with E-state index in [2.05, 4.69) is 4.74 Å². The van der Waals surface area contributed by atoms with Gasteiger partial charge in [0.2, 0.25) is 0 Å². The number of ether oxygens (including phenoxy) is 1. The monoisotopic (exact) mass is 214 g/mol. The molecule has 0 aliphatic carbocycles. The summed E-state index contributed by atoms with van der Waals surface area (Å²) in [5.74, 6) is -3.67. The van der Waals surface area contributed by atoms with E-state index in [1.54, 1.807) is 0 Å². The molecule has 7 heteroatoms. The Morgan fingerprint density at radius 3 is 1.47 bits per heavy atom. The van der Waals surface area contributed by atoms with Crippen LogP contribution in [0, 0.1) is 0 Å². The van der Waals surface area contributed by atoms with Crippen LogP contribution >= 0.6 is 0 Å². The third-order valence-corrected chi connectivity index (χ3v) is 0.925. The molecule has 0 aromatic heterocycles. The number of hydrogen-bond donors (Lipinski definition) is 2. The summed E-state index contributed by atoms with van der Waals surface area (Å²) in [4.78, 5) is 39.0. The Kier molecular flexibility index (Phi) is 5.09. The maximum Gasteiger partial charge on any atom is 0.338 e. The van der Waals surface area contributed by atoms with Crippen molar-refractivity contribution in [2.75, 3.05) is 0 Å². The number of carboxylic acids is 2. The van der Waals surface area contributed by atoms with Gasteiger partial charge in [0.25, 0.3) is 0 Å². The maximum absolute atomic E-state index is 9.92. The minimum atomic E-state index is -1.26. The zero-order chi connectivity index (χ0) is 11.8. The van der Waals surface area contributed by atoms with E-state index in [9.17, 15) is 19.2 Å². The van der Waals surface area contributed by atoms with Crippen LogP contribution in [-0.4, -0.2) is 34.1 Å². The van der Waals surface area contributed by atoms with Gasteiger partial charge in [-0.1, -0.05) is 0 Å². The second-order valence-electron chi connectivity index (χ2n) is 2.08. The highest BCUT2D eigenvalue weighted by atomic mass is 16.6. The lowest BCUT2D eigenvalue weighted by Gasteiger charge is -1.80. The summed E-state index contributed by atoms with van der Waals surface area (Å²) in [6.07, 6.45) is 3.29. The van der Waals surface area contributed by atoms with E-state index in [1.165, 1.54) is 0 Å². The summed E-state index contributed by atoms with van der Waals surface area (Å²) in [5.41, 5.74) is 0. The van der Waals surface area contributed by atoms with Gasteiger partial charge in [-0.3, -0.25) is 0 Å². The van der Waals surface area contributed by atoms with Gasteiger partial charge in [0, 0.05) is 24.3 Å². The van der Waals surface area contributed by atoms with Crippen molar-refractivity contribution >= 4 is 23.9 Å². The van der Waals surface area contributed by atoms with Gasteiger partial charge < -0.3 is 14.9 Å². The number of carbonyl (C=O) groups excluding carboxylic acids is 2. The van der Waals surface area contributed by atoms with Crippen LogP contribution in [0.3, 0.4) is 0 Å². The van der Waals surface area contributed by atoms with Gasteiger partial charge in [-0.25, -0.2) is 19.2 Å². The minimum Gasteiger partial charge on any atom is -0.478 e. The van der Waals surface area contributed by atoms with E-state index >= 15 is 0 Å². The normalized spacial score (nSPS) is 13.3. The second-order valence-corrected chi connectivity index (χ2v) is 2.08. The van der Waals surface area contributed by atoms with E-state index in [1.807, 2.05) is 0 Å². The lowest BCUT2D eigenvalue weighted by molar-refractivity contribution is -0.150. The zero-order valence-corrected chi connectivity index (χ0v) is 7.25. The Bertz CT molecular complexity index is 318. The summed E-state index contributed by atoms with van der Waals surface area (Å²) >= 11 is 0. The third-order valence-electron chi connectivity index (χ3n) is 0.925. The van der Waals surface area contributed by atoms with Gasteiger partial charge in [0.05, 0.1) is 0 Å². The summed E-state index contributed by atoms with van der Waals surface area (Å²) in [5, 5.41) is 15.6. The first-order valence-electron chi connectivity index (χ1n) is 3.49. The van der Waals surface area contributed by atoms with Crippen molar-refractivity contribution in [3.8, 4) is 0 Å². The van der Waals surface area contributed by atoms with Crippen LogP contribution in [0.15, 0.2) is 24.3 Å². The lowest BCUT2D eigenvalue weighted by atomic mass is 10.5. The largest absolute Gasteiger partial charge is 0.478 e. The van der Waals surface area contributed by atoms with Crippen molar-refractivity contribution in [1.82, 2.24) is 0 Å². The smallest absolute Gasteiger partial charge is 0.338 e. The van der Waals surface area contributed by atoms with Gasteiger partial charge >= 0.3 is 23.9 Å². The average molecular weight is 214 g/mol. The summed E-state index contributed by atoms with van der Waals surface area (Å²) < 4.78 is 3.97. The molecule has 0 unspecified atom stereocenters. The highest BCUT2D eigenvalue weighted by Gasteiger charge is 2.10. The Labute approximate surface area is 83.3 Å². The first kappa shape index (κ1) is 12.6. The molecule has 0 aromatic carbocycles. The van der Waals surface area contributed by atoms with Crippen LogP contribution in [0.1, 0.15) is 0 Å². The molecule has 0 radical (unpaired) electrons. The fourth-order valence-corrected chi connectivity index (χ4v) is 0.446. The van der Waals surface area contributed by atoms with Crippen LogP contribution in [0.25, 0.3) is 0 Å². The van der Waals surface area contributed by atoms with Crippen molar-refractivity contribution in [3.05, 3.63) is 24.3 Å². The van der Waals surface area contributed by atoms with Gasteiger partial charge in [0.15, 0.2) is 0 Å². The molecule has 0 bridgehead atoms. The molecule has 0 spiro atoms. The SMILES string of the molecule is O=C(O)/C=C\C(=O)O.O=C1C=CC(=O)O1. The summed E-state index contributed by atoms with van der Waals surface area (Å²) in [6.45, 7) is 0. The topological polar surface area (TPSA) is 118 Å². The molecule has 1 aliphatic heterocycles. The molecule has 0 aromatic rings. The van der Waals surface area contributed by atoms with E-state index in [0.29, 0.717) is 12.2 Å². The molecule has 1 rings (SSSR count). The molecule has 0 atom stereocenters. The average Bonchev–Trinajstić information content (AvgIpc) is 2.47. The molecular weight excluding hydrogens is 208 g/mol. The van der Waals surface area contributed by atoms with E-state index in [0.717, 1.165) is 12.2 Å². The Balaban J connectivity index is 0.000000262. The quantitative estimate of drug-likeness (QED) is 0.355. The maximum atomic E-state index is 9.92. The second kappa shape index (κ2) is 6.08. The molecule has 80 valence electrons. The van der Waals surface area contributed by atoms with Crippen LogP contribution in [-0.2, 0) is 23.9 Å². The Hall–Kier alpha value is -2.44. The van der Waals surface area contributed by atoms with Crippen LogP contribution in [0.2, 0.25) is 0 Å². The number of rotatable bonds is 2. The predicted molar refractivity (Wildman–Crippen MR) is 44.7 cm³/mol. The van der Waals surface area contributed by atoms with Gasteiger partial charge in [-0.05, 0) is 0 Å². The standard InChI is InChI=1S/C4H4O4.C4H2O3/c5-3(6)1-2-4(7)8;5-3-1-2-4(6)7-3/h1-2H,(H,5,6)(H,7,8);1-2H/b2-1-;. The number of carboxylic acid groups (broad SMARTS) is 2. The number of cyclic esters (lactones) is 2. The number of hydrogen-bond acceptors (Lipinski definition) is 5. The van der Waals surface area contributed by atoms with Crippen molar-refractivity contribution in [2.45, 2.75) is 0 Å². The fourth-order valence-electron chi connectivity index (χ4n) is 0.446.